The molecule has 2 heterocycles. The van der Waals surface area contributed by atoms with E-state index in [9.17, 15) is 9.59 Å². The van der Waals surface area contributed by atoms with Crippen LogP contribution in [-0.4, -0.2) is 40.1 Å². The maximum Gasteiger partial charge on any atom is 0.412 e. The summed E-state index contributed by atoms with van der Waals surface area (Å²) in [5, 5.41) is 7.21. The van der Waals surface area contributed by atoms with Gasteiger partial charge in [-0.15, -0.1) is 0 Å². The van der Waals surface area contributed by atoms with E-state index in [-0.39, 0.29) is 24.4 Å². The van der Waals surface area contributed by atoms with Crippen molar-refractivity contribution < 1.29 is 14.3 Å². The second kappa shape index (κ2) is 6.42. The molecule has 0 spiro atoms. The maximum absolute atomic E-state index is 12.4. The monoisotopic (exact) mass is 343 g/mol. The Bertz CT molecular complexity index is 775. The van der Waals surface area contributed by atoms with Gasteiger partial charge in [0, 0.05) is 17.7 Å². The van der Waals surface area contributed by atoms with E-state index in [2.05, 4.69) is 20.4 Å². The number of nitrogens with one attached hydrogen (secondary N) is 1. The molecule has 1 aromatic rings. The lowest BCUT2D eigenvalue weighted by Crippen LogP contribution is -2.33. The lowest BCUT2D eigenvalue weighted by molar-refractivity contribution is -0.120. The Hall–Kier alpha value is -2.51. The first kappa shape index (κ1) is 16.0. The summed E-state index contributed by atoms with van der Waals surface area (Å²) in [7, 11) is 0. The zero-order valence-electron chi connectivity index (χ0n) is 14.2. The van der Waals surface area contributed by atoms with Crippen LogP contribution < -0.4 is 5.32 Å². The van der Waals surface area contributed by atoms with Crippen molar-refractivity contribution in [2.45, 2.75) is 51.4 Å². The highest BCUT2D eigenvalue weighted by atomic mass is 16.5. The summed E-state index contributed by atoms with van der Waals surface area (Å²) in [6, 6.07) is 1.81. The summed E-state index contributed by atoms with van der Waals surface area (Å²) in [6.45, 7) is 2.02. The smallest absolute Gasteiger partial charge is 0.412 e. The first-order valence-electron chi connectivity index (χ1n) is 8.90. The van der Waals surface area contributed by atoms with Gasteiger partial charge in [-0.1, -0.05) is 6.42 Å². The van der Waals surface area contributed by atoms with E-state index in [1.807, 2.05) is 6.07 Å². The third-order valence-corrected chi connectivity index (χ3v) is 4.75. The number of nitrogens with zero attached hydrogens (tertiary/aromatic N) is 4. The van der Waals surface area contributed by atoms with Crippen molar-refractivity contribution in [1.82, 2.24) is 9.78 Å². The van der Waals surface area contributed by atoms with Crippen molar-refractivity contribution >= 4 is 29.5 Å². The standard InChI is InChI=1S/C17H21N5O3/c1-2-25-17(24)19-14-9-13(10-7-8-10)21-22(14)16-18-12-6-4-3-5-11(12)15(23)20-16/h9-11H,2-8H2,1H3,(H,19,24). The average Bonchev–Trinajstić information content (AvgIpc) is 3.36. The summed E-state index contributed by atoms with van der Waals surface area (Å²) in [4.78, 5) is 32.9. The molecule has 0 radical (unpaired) electrons. The van der Waals surface area contributed by atoms with Crippen LogP contribution in [0.3, 0.4) is 0 Å². The Labute approximate surface area is 145 Å². The average molecular weight is 343 g/mol. The van der Waals surface area contributed by atoms with Gasteiger partial charge in [-0.25, -0.2) is 9.79 Å². The number of fused-ring (bicyclic) bond motifs is 1. The Kier molecular flexibility index (Phi) is 4.10. The zero-order valence-corrected chi connectivity index (χ0v) is 14.2. The number of aromatic nitrogens is 2. The van der Waals surface area contributed by atoms with Crippen LogP contribution >= 0.6 is 0 Å². The fourth-order valence-corrected chi connectivity index (χ4v) is 3.31. The molecule has 1 aliphatic heterocycles. The molecule has 4 rings (SSSR count). The van der Waals surface area contributed by atoms with Gasteiger partial charge in [-0.2, -0.15) is 14.8 Å². The summed E-state index contributed by atoms with van der Waals surface area (Å²) < 4.78 is 6.41. The molecule has 0 bridgehead atoms. The highest BCUT2D eigenvalue weighted by Crippen LogP contribution is 2.40. The SMILES string of the molecule is CCOC(=O)Nc1cc(C2CC2)nn1C1=NC(=O)C2CCCCC2=N1. The molecule has 8 heteroatoms. The van der Waals surface area contributed by atoms with Crippen LogP contribution in [0.15, 0.2) is 16.1 Å². The number of hydrogen-bond acceptors (Lipinski definition) is 5. The van der Waals surface area contributed by atoms with Crippen molar-refractivity contribution in [3.63, 3.8) is 0 Å². The van der Waals surface area contributed by atoms with E-state index >= 15 is 0 Å². The zero-order chi connectivity index (χ0) is 17.4. The van der Waals surface area contributed by atoms with E-state index < -0.39 is 6.09 Å². The summed E-state index contributed by atoms with van der Waals surface area (Å²) >= 11 is 0. The third-order valence-electron chi connectivity index (χ3n) is 4.75. The first-order valence-corrected chi connectivity index (χ1v) is 8.90. The molecule has 25 heavy (non-hydrogen) atoms. The van der Waals surface area contributed by atoms with E-state index in [0.717, 1.165) is 49.9 Å². The van der Waals surface area contributed by atoms with Crippen molar-refractivity contribution in [2.75, 3.05) is 11.9 Å². The highest BCUT2D eigenvalue weighted by Gasteiger charge is 2.33. The van der Waals surface area contributed by atoms with Gasteiger partial charge < -0.3 is 4.74 Å². The van der Waals surface area contributed by atoms with E-state index in [1.165, 1.54) is 4.68 Å². The molecule has 1 atom stereocenters. The summed E-state index contributed by atoms with van der Waals surface area (Å²) in [5.74, 6) is 0.726. The van der Waals surface area contributed by atoms with Gasteiger partial charge in [-0.05, 0) is 39.0 Å². The minimum atomic E-state index is -0.558. The van der Waals surface area contributed by atoms with Gasteiger partial charge in [0.05, 0.1) is 18.2 Å². The maximum atomic E-state index is 12.4. The van der Waals surface area contributed by atoms with Gasteiger partial charge >= 0.3 is 6.09 Å². The van der Waals surface area contributed by atoms with Crippen LogP contribution in [0, 0.1) is 5.92 Å². The molecular formula is C17H21N5O3. The fraction of sp³-hybridized carbons (Fsp3) is 0.588. The second-order valence-electron chi connectivity index (χ2n) is 6.64. The van der Waals surface area contributed by atoms with Gasteiger partial charge in [0.15, 0.2) is 0 Å². The molecule has 1 N–H and O–H groups in total. The second-order valence-corrected chi connectivity index (χ2v) is 6.64. The number of anilines is 1. The number of hydrogen-bond donors (Lipinski definition) is 1. The van der Waals surface area contributed by atoms with Crippen LogP contribution in [-0.2, 0) is 9.53 Å². The van der Waals surface area contributed by atoms with Gasteiger partial charge in [0.1, 0.15) is 5.82 Å². The van der Waals surface area contributed by atoms with Crippen molar-refractivity contribution in [3.8, 4) is 0 Å². The summed E-state index contributed by atoms with van der Waals surface area (Å²) in [5.41, 5.74) is 1.76. The molecule has 3 aliphatic rings. The number of amides is 2. The Morgan fingerprint density at radius 2 is 2.16 bits per heavy atom. The Balaban J connectivity index is 1.67. The number of rotatable bonds is 3. The number of carbonyl (C=O) groups is 2. The van der Waals surface area contributed by atoms with Crippen LogP contribution in [0.4, 0.5) is 10.6 Å². The van der Waals surface area contributed by atoms with E-state index in [4.69, 9.17) is 4.74 Å². The number of ether oxygens (including phenoxy) is 1. The Morgan fingerprint density at radius 1 is 1.32 bits per heavy atom. The first-order chi connectivity index (χ1) is 12.2. The van der Waals surface area contributed by atoms with E-state index in [1.54, 1.807) is 6.92 Å². The van der Waals surface area contributed by atoms with E-state index in [0.29, 0.717) is 11.7 Å². The van der Waals surface area contributed by atoms with Gasteiger partial charge in [0.2, 0.25) is 0 Å². The van der Waals surface area contributed by atoms with Crippen molar-refractivity contribution in [1.29, 1.82) is 0 Å². The lowest BCUT2D eigenvalue weighted by atomic mass is 9.86. The number of aliphatic imine (C=N–C) groups is 2. The van der Waals surface area contributed by atoms with Crippen LogP contribution in [0.1, 0.15) is 57.1 Å². The molecule has 8 nitrogen and oxygen atoms in total. The predicted molar refractivity (Wildman–Crippen MR) is 92.1 cm³/mol. The lowest BCUT2D eigenvalue weighted by Gasteiger charge is -2.24. The number of carbonyl (C=O) groups excluding carboxylic acids is 2. The minimum absolute atomic E-state index is 0.162. The van der Waals surface area contributed by atoms with Crippen molar-refractivity contribution in [3.05, 3.63) is 11.8 Å². The molecular weight excluding hydrogens is 322 g/mol. The van der Waals surface area contributed by atoms with Crippen LogP contribution in [0.25, 0.3) is 0 Å². The minimum Gasteiger partial charge on any atom is -0.450 e. The normalized spacial score (nSPS) is 22.8. The molecule has 2 aliphatic carbocycles. The van der Waals surface area contributed by atoms with Gasteiger partial charge in [0.25, 0.3) is 11.9 Å². The van der Waals surface area contributed by atoms with Crippen LogP contribution in [0.2, 0.25) is 0 Å². The molecule has 2 saturated carbocycles. The molecule has 0 saturated heterocycles. The Morgan fingerprint density at radius 3 is 2.92 bits per heavy atom. The fourth-order valence-electron chi connectivity index (χ4n) is 3.31. The summed E-state index contributed by atoms with van der Waals surface area (Å²) in [6.07, 6.45) is 5.30. The third kappa shape index (κ3) is 3.20. The quantitative estimate of drug-likeness (QED) is 0.912. The van der Waals surface area contributed by atoms with Crippen molar-refractivity contribution in [2.24, 2.45) is 15.9 Å². The van der Waals surface area contributed by atoms with Gasteiger partial charge in [-0.3, -0.25) is 10.1 Å². The molecule has 1 unspecified atom stereocenters. The molecule has 2 amide bonds. The largest absolute Gasteiger partial charge is 0.450 e. The molecule has 2 fully saturated rings. The molecule has 1 aromatic heterocycles. The highest BCUT2D eigenvalue weighted by molar-refractivity contribution is 6.16. The molecule has 132 valence electrons. The predicted octanol–water partition coefficient (Wildman–Crippen LogP) is 2.70. The van der Waals surface area contributed by atoms with Crippen LogP contribution in [0.5, 0.6) is 0 Å². The molecule has 0 aromatic carbocycles. The topological polar surface area (TPSA) is 97.9 Å².